The van der Waals surface area contributed by atoms with Crippen molar-refractivity contribution in [1.82, 2.24) is 19.9 Å². The molecule has 4 N–H and O–H groups in total. The van der Waals surface area contributed by atoms with Gasteiger partial charge in [-0.05, 0) is 32.0 Å². The van der Waals surface area contributed by atoms with Gasteiger partial charge in [0.15, 0.2) is 5.82 Å². The smallest absolute Gasteiger partial charge is 0.410 e. The topological polar surface area (TPSA) is 130 Å². The van der Waals surface area contributed by atoms with Crippen molar-refractivity contribution >= 4 is 40.7 Å². The van der Waals surface area contributed by atoms with E-state index in [0.29, 0.717) is 63.8 Å². The molecule has 3 heterocycles. The number of pyridine rings is 1. The molecule has 1 atom stereocenters. The van der Waals surface area contributed by atoms with Crippen molar-refractivity contribution in [2.45, 2.75) is 33.0 Å². The van der Waals surface area contributed by atoms with Crippen LogP contribution in [0.2, 0.25) is 10.0 Å². The van der Waals surface area contributed by atoms with Crippen molar-refractivity contribution in [3.05, 3.63) is 69.0 Å². The number of nitrogens with two attached hydrogens (primary N) is 1. The number of imidazole rings is 1. The molecule has 9 nitrogen and oxygen atoms in total. The van der Waals surface area contributed by atoms with Gasteiger partial charge in [0.1, 0.15) is 17.6 Å². The Hall–Kier alpha value is -3.30. The van der Waals surface area contributed by atoms with Gasteiger partial charge in [0.2, 0.25) is 0 Å². The molecule has 1 aliphatic rings. The van der Waals surface area contributed by atoms with Gasteiger partial charge >= 0.3 is 6.09 Å². The lowest BCUT2D eigenvalue weighted by Gasteiger charge is -2.18. The average Bonchev–Trinajstić information content (AvgIpc) is 3.34. The summed E-state index contributed by atoms with van der Waals surface area (Å²) < 4.78 is 11.1. The van der Waals surface area contributed by atoms with E-state index in [4.69, 9.17) is 43.8 Å². The summed E-state index contributed by atoms with van der Waals surface area (Å²) in [5.74, 6) is 0.855. The summed E-state index contributed by atoms with van der Waals surface area (Å²) in [5, 5.41) is 9.45. The first kappa shape index (κ1) is 22.9. The summed E-state index contributed by atoms with van der Waals surface area (Å²) in [6.07, 6.45) is 2.16. The van der Waals surface area contributed by atoms with E-state index in [2.05, 4.69) is 15.0 Å². The highest BCUT2D eigenvalue weighted by molar-refractivity contribution is 6.35. The molecule has 1 amide bonds. The van der Waals surface area contributed by atoms with Crippen molar-refractivity contribution in [2.75, 3.05) is 12.3 Å². The van der Waals surface area contributed by atoms with Crippen LogP contribution in [0.1, 0.15) is 48.3 Å². The van der Waals surface area contributed by atoms with Crippen LogP contribution in [0.5, 0.6) is 5.75 Å². The number of halogens is 2. The second-order valence-electron chi connectivity index (χ2n) is 7.47. The lowest BCUT2D eigenvalue weighted by molar-refractivity contribution is 0.106. The van der Waals surface area contributed by atoms with E-state index in [1.807, 2.05) is 6.92 Å². The Morgan fingerprint density at radius 3 is 2.70 bits per heavy atom. The summed E-state index contributed by atoms with van der Waals surface area (Å²) >= 11 is 12.5. The zero-order valence-electron chi connectivity index (χ0n) is 18.0. The predicted octanol–water partition coefficient (Wildman–Crippen LogP) is 4.72. The first-order valence-electron chi connectivity index (χ1n) is 10.2. The number of rotatable bonds is 6. The average molecular weight is 489 g/mol. The van der Waals surface area contributed by atoms with Gasteiger partial charge in [-0.2, -0.15) is 0 Å². The number of carbonyl (C=O) groups is 1. The monoisotopic (exact) mass is 488 g/mol. The Bertz CT molecular complexity index is 1190. The molecule has 4 rings (SSSR count). The molecule has 0 bridgehead atoms. The normalized spacial score (nSPS) is 13.5. The maximum absolute atomic E-state index is 11.9. The third-order valence-electron chi connectivity index (χ3n) is 5.22. The lowest BCUT2D eigenvalue weighted by Crippen LogP contribution is -2.26. The molecule has 0 saturated carbocycles. The Morgan fingerprint density at radius 1 is 1.30 bits per heavy atom. The minimum atomic E-state index is -0.458. The lowest BCUT2D eigenvalue weighted by atomic mass is 10.1. The van der Waals surface area contributed by atoms with E-state index in [1.165, 1.54) is 12.4 Å². The van der Waals surface area contributed by atoms with Crippen molar-refractivity contribution in [3.8, 4) is 5.75 Å². The van der Waals surface area contributed by atoms with Gasteiger partial charge < -0.3 is 20.2 Å². The number of hydrogen-bond acceptors (Lipinski definition) is 7. The second-order valence-corrected chi connectivity index (χ2v) is 8.28. The number of benzene rings is 1. The van der Waals surface area contributed by atoms with Gasteiger partial charge in [0.25, 0.3) is 0 Å². The third-order valence-corrected chi connectivity index (χ3v) is 5.82. The van der Waals surface area contributed by atoms with E-state index >= 15 is 0 Å². The van der Waals surface area contributed by atoms with Gasteiger partial charge in [0, 0.05) is 29.2 Å². The molecule has 2 aromatic heterocycles. The first-order valence-corrected chi connectivity index (χ1v) is 11.0. The fraction of sp³-hybridized carbons (Fsp3) is 0.273. The van der Waals surface area contributed by atoms with E-state index in [1.54, 1.807) is 30.0 Å². The van der Waals surface area contributed by atoms with Crippen molar-refractivity contribution in [3.63, 3.8) is 0 Å². The van der Waals surface area contributed by atoms with Crippen LogP contribution in [-0.4, -0.2) is 38.3 Å². The van der Waals surface area contributed by atoms with Crippen LogP contribution in [-0.2, 0) is 17.8 Å². The predicted molar refractivity (Wildman–Crippen MR) is 125 cm³/mol. The second kappa shape index (κ2) is 9.29. The number of nitrogen functional groups attached to an aromatic ring is 1. The number of amides is 1. The molecule has 11 heteroatoms. The highest BCUT2D eigenvalue weighted by Gasteiger charge is 2.29. The van der Waals surface area contributed by atoms with Crippen LogP contribution >= 0.6 is 23.2 Å². The SMILES string of the molecule is CCOC(=O)N1Cc2nc(C(=N)c3cc(OC(C)c4c(Cl)cncc4Cl)ccc3N)[nH]c2C1. The molecule has 3 aromatic rings. The fourth-order valence-electron chi connectivity index (χ4n) is 3.62. The highest BCUT2D eigenvalue weighted by atomic mass is 35.5. The zero-order valence-corrected chi connectivity index (χ0v) is 19.5. The summed E-state index contributed by atoms with van der Waals surface area (Å²) in [5.41, 5.74) is 9.21. The minimum absolute atomic E-state index is 0.114. The number of nitrogens with zero attached hydrogens (tertiary/aromatic N) is 3. The molecule has 0 radical (unpaired) electrons. The Kier molecular flexibility index (Phi) is 6.44. The van der Waals surface area contributed by atoms with E-state index < -0.39 is 12.2 Å². The van der Waals surface area contributed by atoms with Crippen LogP contribution in [0, 0.1) is 5.41 Å². The molecule has 33 heavy (non-hydrogen) atoms. The first-order chi connectivity index (χ1) is 15.8. The third kappa shape index (κ3) is 4.60. The molecular formula is C22H22Cl2N6O3. The molecular weight excluding hydrogens is 467 g/mol. The number of nitrogens with one attached hydrogen (secondary N) is 2. The maximum atomic E-state index is 11.9. The van der Waals surface area contributed by atoms with Crippen LogP contribution in [0.25, 0.3) is 0 Å². The van der Waals surface area contributed by atoms with Crippen LogP contribution < -0.4 is 10.5 Å². The number of aromatic amines is 1. The van der Waals surface area contributed by atoms with Crippen molar-refractivity contribution < 1.29 is 14.3 Å². The van der Waals surface area contributed by atoms with Crippen molar-refractivity contribution in [1.29, 1.82) is 5.41 Å². The zero-order chi connectivity index (χ0) is 23.7. The molecule has 1 aromatic carbocycles. The van der Waals surface area contributed by atoms with Crippen LogP contribution in [0.15, 0.2) is 30.6 Å². The quantitative estimate of drug-likeness (QED) is 0.339. The molecule has 0 saturated heterocycles. The number of anilines is 1. The molecule has 0 aliphatic carbocycles. The maximum Gasteiger partial charge on any atom is 0.410 e. The van der Waals surface area contributed by atoms with E-state index in [0.717, 1.165) is 5.69 Å². The number of fused-ring (bicyclic) bond motifs is 1. The van der Waals surface area contributed by atoms with Gasteiger partial charge in [0.05, 0.1) is 41.1 Å². The molecule has 0 spiro atoms. The largest absolute Gasteiger partial charge is 0.486 e. The Balaban J connectivity index is 1.53. The van der Waals surface area contributed by atoms with E-state index in [-0.39, 0.29) is 5.71 Å². The number of carbonyl (C=O) groups excluding carboxylic acids is 1. The van der Waals surface area contributed by atoms with Crippen molar-refractivity contribution in [2.24, 2.45) is 0 Å². The fourth-order valence-corrected chi connectivity index (χ4v) is 4.29. The number of H-pyrrole nitrogens is 1. The van der Waals surface area contributed by atoms with Gasteiger partial charge in [-0.1, -0.05) is 23.2 Å². The summed E-state index contributed by atoms with van der Waals surface area (Å²) in [7, 11) is 0. The van der Waals surface area contributed by atoms with Crippen LogP contribution in [0.3, 0.4) is 0 Å². The van der Waals surface area contributed by atoms with E-state index in [9.17, 15) is 4.79 Å². The Morgan fingerprint density at radius 2 is 2.03 bits per heavy atom. The van der Waals surface area contributed by atoms with Gasteiger partial charge in [-0.3, -0.25) is 15.3 Å². The standard InChI is InChI=1S/C22H22Cl2N6O3/c1-3-32-22(31)30-9-17-18(10-30)29-21(28-17)20(26)13-6-12(4-5-16(13)25)33-11(2)19-14(23)7-27-8-15(19)24/h4-8,11,26H,3,9-10,25H2,1-2H3,(H,28,29). The number of hydrogen-bond donors (Lipinski definition) is 3. The molecule has 1 unspecified atom stereocenters. The molecule has 172 valence electrons. The summed E-state index contributed by atoms with van der Waals surface area (Å²) in [6.45, 7) is 4.55. The summed E-state index contributed by atoms with van der Waals surface area (Å²) in [6, 6.07) is 5.06. The minimum Gasteiger partial charge on any atom is -0.486 e. The van der Waals surface area contributed by atoms with Crippen LogP contribution in [0.4, 0.5) is 10.5 Å². The highest BCUT2D eigenvalue weighted by Crippen LogP contribution is 2.33. The molecule has 1 aliphatic heterocycles. The number of aromatic nitrogens is 3. The Labute approximate surface area is 200 Å². The summed E-state index contributed by atoms with van der Waals surface area (Å²) in [4.78, 5) is 25.1. The van der Waals surface area contributed by atoms with Gasteiger partial charge in [-0.15, -0.1) is 0 Å². The molecule has 0 fully saturated rings. The van der Waals surface area contributed by atoms with Gasteiger partial charge in [-0.25, -0.2) is 9.78 Å². The number of ether oxygens (including phenoxy) is 2.